The lowest BCUT2D eigenvalue weighted by Gasteiger charge is -2.21. The highest BCUT2D eigenvalue weighted by Crippen LogP contribution is 2.11. The van der Waals surface area contributed by atoms with Crippen LogP contribution in [0.4, 0.5) is 9.93 Å². The predicted molar refractivity (Wildman–Crippen MR) is 71.1 cm³/mol. The Balaban J connectivity index is 2.43. The fraction of sp³-hybridized carbons (Fsp3) is 0.636. The van der Waals surface area contributed by atoms with Gasteiger partial charge in [0.1, 0.15) is 0 Å². The van der Waals surface area contributed by atoms with Gasteiger partial charge in [0.05, 0.1) is 6.61 Å². The lowest BCUT2D eigenvalue weighted by molar-refractivity contribution is 0.143. The number of rotatable bonds is 8. The second kappa shape index (κ2) is 8.84. The molecular formula is C11H19N3O3S. The van der Waals surface area contributed by atoms with Gasteiger partial charge in [0.25, 0.3) is 0 Å². The first-order valence-corrected chi connectivity index (χ1v) is 6.59. The molecule has 0 aliphatic rings. The number of carbonyl (C=O) groups excluding carboxylic acids is 1. The molecule has 0 unspecified atom stereocenters. The number of methoxy groups -OCH3 is 2. The molecule has 0 spiro atoms. The van der Waals surface area contributed by atoms with Crippen LogP contribution in [0.2, 0.25) is 0 Å². The fourth-order valence-corrected chi connectivity index (χ4v) is 1.89. The van der Waals surface area contributed by atoms with Crippen molar-refractivity contribution in [3.63, 3.8) is 0 Å². The molecule has 1 heterocycles. The second-order valence-electron chi connectivity index (χ2n) is 3.59. The van der Waals surface area contributed by atoms with Crippen molar-refractivity contribution in [1.29, 1.82) is 0 Å². The van der Waals surface area contributed by atoms with E-state index in [4.69, 9.17) is 9.47 Å². The number of nitrogens with zero attached hydrogens (tertiary/aromatic N) is 2. The third kappa shape index (κ3) is 5.44. The van der Waals surface area contributed by atoms with Crippen LogP contribution in [-0.4, -0.2) is 56.4 Å². The van der Waals surface area contributed by atoms with E-state index in [0.717, 1.165) is 6.42 Å². The molecule has 6 nitrogen and oxygen atoms in total. The molecule has 0 saturated carbocycles. The monoisotopic (exact) mass is 273 g/mol. The van der Waals surface area contributed by atoms with E-state index in [9.17, 15) is 4.79 Å². The van der Waals surface area contributed by atoms with E-state index >= 15 is 0 Å². The predicted octanol–water partition coefficient (Wildman–Crippen LogP) is 1.66. The highest BCUT2D eigenvalue weighted by Gasteiger charge is 2.13. The van der Waals surface area contributed by atoms with Crippen LogP contribution in [0.1, 0.15) is 6.42 Å². The average molecular weight is 273 g/mol. The van der Waals surface area contributed by atoms with Crippen LogP contribution < -0.4 is 5.32 Å². The SMILES string of the molecule is COCCCN(CCOC)C(=O)Nc1nccs1. The largest absolute Gasteiger partial charge is 0.385 e. The van der Waals surface area contributed by atoms with Crippen LogP contribution in [0.5, 0.6) is 0 Å². The summed E-state index contributed by atoms with van der Waals surface area (Å²) in [4.78, 5) is 17.7. The molecule has 0 aromatic carbocycles. The number of carbonyl (C=O) groups is 1. The molecule has 0 saturated heterocycles. The van der Waals surface area contributed by atoms with Crippen molar-refractivity contribution in [1.82, 2.24) is 9.88 Å². The fourth-order valence-electron chi connectivity index (χ4n) is 1.37. The Kier molecular flexibility index (Phi) is 7.31. The first-order chi connectivity index (χ1) is 8.77. The smallest absolute Gasteiger partial charge is 0.323 e. The molecule has 0 radical (unpaired) electrons. The van der Waals surface area contributed by atoms with Crippen LogP contribution >= 0.6 is 11.3 Å². The van der Waals surface area contributed by atoms with Crippen LogP contribution in [0.25, 0.3) is 0 Å². The summed E-state index contributed by atoms with van der Waals surface area (Å²) in [5.74, 6) is 0. The Morgan fingerprint density at radius 3 is 2.78 bits per heavy atom. The minimum absolute atomic E-state index is 0.155. The minimum atomic E-state index is -0.155. The highest BCUT2D eigenvalue weighted by molar-refractivity contribution is 7.13. The Morgan fingerprint density at radius 2 is 2.17 bits per heavy atom. The summed E-state index contributed by atoms with van der Waals surface area (Å²) in [6.45, 7) is 2.33. The standard InChI is InChI=1S/C11H19N3O3S/c1-16-7-3-5-14(6-8-17-2)11(15)13-10-12-4-9-18-10/h4,9H,3,5-8H2,1-2H3,(H,12,13,15). The molecule has 1 N–H and O–H groups in total. The van der Waals surface area contributed by atoms with Crippen molar-refractivity contribution >= 4 is 22.5 Å². The Morgan fingerprint density at radius 1 is 1.39 bits per heavy atom. The summed E-state index contributed by atoms with van der Waals surface area (Å²) in [5, 5.41) is 5.18. The van der Waals surface area contributed by atoms with E-state index in [1.165, 1.54) is 11.3 Å². The number of nitrogens with one attached hydrogen (secondary N) is 1. The molecule has 1 aromatic rings. The van der Waals surface area contributed by atoms with Gasteiger partial charge in [-0.05, 0) is 6.42 Å². The van der Waals surface area contributed by atoms with Gasteiger partial charge in [0.2, 0.25) is 0 Å². The minimum Gasteiger partial charge on any atom is -0.385 e. The van der Waals surface area contributed by atoms with E-state index in [1.54, 1.807) is 25.3 Å². The second-order valence-corrected chi connectivity index (χ2v) is 4.49. The van der Waals surface area contributed by atoms with Gasteiger partial charge in [-0.1, -0.05) is 0 Å². The summed E-state index contributed by atoms with van der Waals surface area (Å²) in [6, 6.07) is -0.155. The number of thiazole rings is 1. The van der Waals surface area contributed by atoms with Gasteiger partial charge in [-0.25, -0.2) is 9.78 Å². The van der Waals surface area contributed by atoms with Crippen LogP contribution in [0.3, 0.4) is 0 Å². The van der Waals surface area contributed by atoms with Gasteiger partial charge in [-0.2, -0.15) is 0 Å². The number of anilines is 1. The Hall–Kier alpha value is -1.18. The third-order valence-electron chi connectivity index (χ3n) is 2.28. The molecule has 0 bridgehead atoms. The first kappa shape index (κ1) is 14.9. The maximum absolute atomic E-state index is 12.0. The number of urea groups is 1. The summed E-state index contributed by atoms with van der Waals surface area (Å²) in [5.41, 5.74) is 0. The van der Waals surface area contributed by atoms with Gasteiger partial charge in [-0.15, -0.1) is 11.3 Å². The molecule has 0 aliphatic heterocycles. The number of ether oxygens (including phenoxy) is 2. The number of aromatic nitrogens is 1. The molecule has 0 fully saturated rings. The van der Waals surface area contributed by atoms with Crippen LogP contribution in [0.15, 0.2) is 11.6 Å². The topological polar surface area (TPSA) is 63.7 Å². The maximum atomic E-state index is 12.0. The molecule has 0 aliphatic carbocycles. The molecule has 1 aromatic heterocycles. The zero-order valence-corrected chi connectivity index (χ0v) is 11.5. The summed E-state index contributed by atoms with van der Waals surface area (Å²) < 4.78 is 9.98. The summed E-state index contributed by atoms with van der Waals surface area (Å²) >= 11 is 1.40. The summed E-state index contributed by atoms with van der Waals surface area (Å²) in [7, 11) is 3.27. The number of hydrogen-bond donors (Lipinski definition) is 1. The van der Waals surface area contributed by atoms with Gasteiger partial charge >= 0.3 is 6.03 Å². The van der Waals surface area contributed by atoms with Crippen LogP contribution in [0, 0.1) is 0 Å². The van der Waals surface area contributed by atoms with Gasteiger partial charge in [-0.3, -0.25) is 5.32 Å². The van der Waals surface area contributed by atoms with Gasteiger partial charge in [0, 0.05) is 45.5 Å². The number of amides is 2. The van der Waals surface area contributed by atoms with E-state index in [-0.39, 0.29) is 6.03 Å². The van der Waals surface area contributed by atoms with E-state index in [0.29, 0.717) is 31.4 Å². The first-order valence-electron chi connectivity index (χ1n) is 5.71. The van der Waals surface area contributed by atoms with Crippen LogP contribution in [-0.2, 0) is 9.47 Å². The molecule has 7 heteroatoms. The molecule has 18 heavy (non-hydrogen) atoms. The molecule has 0 atom stereocenters. The van der Waals surface area contributed by atoms with Crippen molar-refractivity contribution < 1.29 is 14.3 Å². The molecular weight excluding hydrogens is 254 g/mol. The number of hydrogen-bond acceptors (Lipinski definition) is 5. The van der Waals surface area contributed by atoms with Gasteiger partial charge < -0.3 is 14.4 Å². The van der Waals surface area contributed by atoms with Gasteiger partial charge in [0.15, 0.2) is 5.13 Å². The van der Waals surface area contributed by atoms with Crippen molar-refractivity contribution in [2.24, 2.45) is 0 Å². The average Bonchev–Trinajstić information content (AvgIpc) is 2.86. The van der Waals surface area contributed by atoms with E-state index in [2.05, 4.69) is 10.3 Å². The third-order valence-corrected chi connectivity index (χ3v) is 2.96. The molecule has 2 amide bonds. The summed E-state index contributed by atoms with van der Waals surface area (Å²) in [6.07, 6.45) is 2.45. The normalized spacial score (nSPS) is 10.3. The molecule has 1 rings (SSSR count). The van der Waals surface area contributed by atoms with Crippen molar-refractivity contribution in [2.75, 3.05) is 45.8 Å². The lowest BCUT2D eigenvalue weighted by atomic mass is 10.4. The lowest BCUT2D eigenvalue weighted by Crippen LogP contribution is -2.38. The zero-order chi connectivity index (χ0) is 13.2. The van der Waals surface area contributed by atoms with Crippen molar-refractivity contribution in [2.45, 2.75) is 6.42 Å². The molecule has 102 valence electrons. The zero-order valence-electron chi connectivity index (χ0n) is 10.7. The quantitative estimate of drug-likeness (QED) is 0.732. The van der Waals surface area contributed by atoms with E-state index < -0.39 is 0 Å². The maximum Gasteiger partial charge on any atom is 0.323 e. The highest BCUT2D eigenvalue weighted by atomic mass is 32.1. The van der Waals surface area contributed by atoms with E-state index in [1.807, 2.05) is 5.38 Å². The van der Waals surface area contributed by atoms with Crippen molar-refractivity contribution in [3.05, 3.63) is 11.6 Å². The Bertz CT molecular complexity index is 332. The van der Waals surface area contributed by atoms with Crippen molar-refractivity contribution in [3.8, 4) is 0 Å². The Labute approximate surface area is 111 Å².